The first-order chi connectivity index (χ1) is 18.0. The molecular formula is C34H52NOPS. The van der Waals surface area contributed by atoms with Gasteiger partial charge in [0.2, 0.25) is 0 Å². The van der Waals surface area contributed by atoms with E-state index in [9.17, 15) is 4.21 Å². The number of hydrogen-bond donors (Lipinski definition) is 0. The first kappa shape index (κ1) is 30.0. The fourth-order valence-corrected chi connectivity index (χ4v) is 11.9. The molecule has 0 bridgehead atoms. The van der Waals surface area contributed by atoms with Crippen LogP contribution in [0.4, 0.5) is 0 Å². The maximum absolute atomic E-state index is 13.9. The van der Waals surface area contributed by atoms with Gasteiger partial charge in [0.25, 0.3) is 0 Å². The Kier molecular flexibility index (Phi) is 9.97. The average molecular weight is 554 g/mol. The van der Waals surface area contributed by atoms with Crippen LogP contribution in [0.2, 0.25) is 0 Å². The molecule has 2 atom stereocenters. The maximum atomic E-state index is 13.9. The zero-order valence-corrected chi connectivity index (χ0v) is 26.8. The second kappa shape index (κ2) is 12.7. The van der Waals surface area contributed by atoms with E-state index in [-0.39, 0.29) is 24.1 Å². The number of rotatable bonds is 7. The molecule has 210 valence electrons. The van der Waals surface area contributed by atoms with Crippen molar-refractivity contribution in [1.29, 1.82) is 0 Å². The summed E-state index contributed by atoms with van der Waals surface area (Å²) in [7, 11) is 0.703. The summed E-state index contributed by atoms with van der Waals surface area (Å²) in [5.41, 5.74) is 5.80. The van der Waals surface area contributed by atoms with E-state index in [0.29, 0.717) is 0 Å². The van der Waals surface area contributed by atoms with Crippen molar-refractivity contribution < 1.29 is 4.21 Å². The van der Waals surface area contributed by atoms with Crippen LogP contribution in [0.5, 0.6) is 0 Å². The molecule has 2 aromatic carbocycles. The normalized spacial score (nSPS) is 20.1. The van der Waals surface area contributed by atoms with Crippen molar-refractivity contribution in [3.63, 3.8) is 0 Å². The molecule has 38 heavy (non-hydrogen) atoms. The fraction of sp³-hybridized carbons (Fsp3) is 0.647. The van der Waals surface area contributed by atoms with Crippen molar-refractivity contribution in [2.24, 2.45) is 0 Å². The maximum Gasteiger partial charge on any atom is 0.100 e. The largest absolute Gasteiger partial charge is 0.242 e. The van der Waals surface area contributed by atoms with E-state index < -0.39 is 11.0 Å². The van der Waals surface area contributed by atoms with Crippen molar-refractivity contribution in [3.05, 3.63) is 65.2 Å². The summed E-state index contributed by atoms with van der Waals surface area (Å²) in [4.78, 5) is 0. The summed E-state index contributed by atoms with van der Waals surface area (Å²) in [6, 6.07) is 18.5. The van der Waals surface area contributed by atoms with E-state index >= 15 is 0 Å². The van der Waals surface area contributed by atoms with E-state index in [1.165, 1.54) is 80.9 Å². The number of benzene rings is 2. The second-order valence-corrected chi connectivity index (χ2v) is 18.8. The minimum absolute atomic E-state index is 0.0162. The minimum atomic E-state index is -1.13. The van der Waals surface area contributed by atoms with Gasteiger partial charge in [-0.3, -0.25) is 0 Å². The Bertz CT molecular complexity index is 1040. The van der Waals surface area contributed by atoms with E-state index in [1.807, 2.05) is 0 Å². The number of nitrogens with zero attached hydrogens (tertiary/aromatic N) is 1. The molecule has 4 heteroatoms. The van der Waals surface area contributed by atoms with Gasteiger partial charge in [-0.25, -0.2) is 8.51 Å². The molecule has 2 aliphatic carbocycles. The lowest BCUT2D eigenvalue weighted by Crippen LogP contribution is -2.39. The first-order valence-corrected chi connectivity index (χ1v) is 17.7. The smallest absolute Gasteiger partial charge is 0.100 e. The molecule has 0 saturated heterocycles. The van der Waals surface area contributed by atoms with Crippen molar-refractivity contribution >= 4 is 24.2 Å². The Morgan fingerprint density at radius 1 is 0.763 bits per heavy atom. The van der Waals surface area contributed by atoms with Crippen molar-refractivity contribution in [3.8, 4) is 0 Å². The van der Waals surface area contributed by atoms with Gasteiger partial charge in [0.1, 0.15) is 11.0 Å². The van der Waals surface area contributed by atoms with E-state index in [4.69, 9.17) is 0 Å². The summed E-state index contributed by atoms with van der Waals surface area (Å²) in [6.07, 6.45) is 14.0. The van der Waals surface area contributed by atoms with Gasteiger partial charge in [0, 0.05) is 7.05 Å². The Morgan fingerprint density at radius 3 is 1.74 bits per heavy atom. The van der Waals surface area contributed by atoms with Crippen LogP contribution >= 0.6 is 7.92 Å². The molecule has 4 rings (SSSR count). The van der Waals surface area contributed by atoms with Crippen LogP contribution in [-0.4, -0.2) is 31.6 Å². The molecule has 0 aliphatic heterocycles. The lowest BCUT2D eigenvalue weighted by Gasteiger charge is -2.41. The third-order valence-corrected chi connectivity index (χ3v) is 14.0. The molecule has 0 radical (unpaired) electrons. The van der Waals surface area contributed by atoms with Crippen molar-refractivity contribution in [2.75, 3.05) is 7.05 Å². The zero-order valence-electron chi connectivity index (χ0n) is 25.1. The van der Waals surface area contributed by atoms with Crippen molar-refractivity contribution in [1.82, 2.24) is 4.31 Å². The quantitative estimate of drug-likeness (QED) is 0.313. The van der Waals surface area contributed by atoms with Crippen LogP contribution in [0.3, 0.4) is 0 Å². The highest BCUT2D eigenvalue weighted by molar-refractivity contribution is 7.84. The van der Waals surface area contributed by atoms with Crippen molar-refractivity contribution in [2.45, 2.75) is 133 Å². The predicted octanol–water partition coefficient (Wildman–Crippen LogP) is 9.24. The highest BCUT2D eigenvalue weighted by Crippen LogP contribution is 2.56. The van der Waals surface area contributed by atoms with Gasteiger partial charge in [-0.05, 0) is 85.2 Å². The summed E-state index contributed by atoms with van der Waals surface area (Å²) < 4.78 is 15.8. The molecule has 0 amide bonds. The lowest BCUT2D eigenvalue weighted by molar-refractivity contribution is 0.440. The SMILES string of the molecule is CN([C@H](c1ccc(C(C)(C)C)cc1)c1ccccc1P(C1CCCCC1)C1CCCCC1)[S@@](=O)C(C)(C)C. The molecule has 0 unspecified atom stereocenters. The molecule has 2 aromatic rings. The molecule has 2 aliphatic rings. The molecular weight excluding hydrogens is 501 g/mol. The second-order valence-electron chi connectivity index (χ2n) is 13.7. The third-order valence-electron chi connectivity index (χ3n) is 8.69. The van der Waals surface area contributed by atoms with Crippen LogP contribution in [0, 0.1) is 0 Å². The van der Waals surface area contributed by atoms with E-state index in [2.05, 4.69) is 101 Å². The highest BCUT2D eigenvalue weighted by atomic mass is 32.2. The molecule has 0 N–H and O–H groups in total. The summed E-state index contributed by atoms with van der Waals surface area (Å²) in [5.74, 6) is 0. The first-order valence-electron chi connectivity index (χ1n) is 15.1. The summed E-state index contributed by atoms with van der Waals surface area (Å²) in [5, 5.41) is 1.60. The third kappa shape index (κ3) is 7.00. The number of hydrogen-bond acceptors (Lipinski definition) is 1. The Hall–Kier alpha value is -1.02. The molecule has 0 spiro atoms. The van der Waals surface area contributed by atoms with E-state index in [0.717, 1.165) is 11.3 Å². The van der Waals surface area contributed by atoms with Gasteiger partial charge >= 0.3 is 0 Å². The van der Waals surface area contributed by atoms with Crippen LogP contribution in [0.25, 0.3) is 0 Å². The van der Waals surface area contributed by atoms with E-state index in [1.54, 1.807) is 5.30 Å². The zero-order chi connectivity index (χ0) is 27.5. The van der Waals surface area contributed by atoms with Gasteiger partial charge in [-0.2, -0.15) is 0 Å². The molecule has 2 fully saturated rings. The molecule has 2 nitrogen and oxygen atoms in total. The lowest BCUT2D eigenvalue weighted by atomic mass is 9.86. The van der Waals surface area contributed by atoms with Crippen LogP contribution in [0.1, 0.15) is 128 Å². The monoisotopic (exact) mass is 553 g/mol. The molecule has 0 heterocycles. The summed E-state index contributed by atoms with van der Waals surface area (Å²) in [6.45, 7) is 13.1. The van der Waals surface area contributed by atoms with Gasteiger partial charge in [-0.15, -0.1) is 0 Å². The molecule has 2 saturated carbocycles. The van der Waals surface area contributed by atoms with Crippen LogP contribution in [-0.2, 0) is 16.4 Å². The Morgan fingerprint density at radius 2 is 1.26 bits per heavy atom. The minimum Gasteiger partial charge on any atom is -0.242 e. The standard InChI is InChI=1S/C34H52NOPS/c1-33(2,3)27-24-22-26(23-25-27)32(35(7)38(36)34(4,5)6)30-20-14-15-21-31(30)37(28-16-10-8-11-17-28)29-18-12-9-13-19-29/h14-15,20-25,28-29,32H,8-13,16-19H2,1-7H3/t32-,38+/m1/s1. The average Bonchev–Trinajstić information content (AvgIpc) is 2.90. The van der Waals surface area contributed by atoms with Gasteiger partial charge < -0.3 is 0 Å². The van der Waals surface area contributed by atoms with Gasteiger partial charge in [-0.1, -0.05) is 116 Å². The van der Waals surface area contributed by atoms with Gasteiger partial charge in [0.05, 0.1) is 10.8 Å². The Balaban J connectivity index is 1.84. The summed E-state index contributed by atoms with van der Waals surface area (Å²) >= 11 is 0. The van der Waals surface area contributed by atoms with Crippen LogP contribution < -0.4 is 5.30 Å². The highest BCUT2D eigenvalue weighted by Gasteiger charge is 2.37. The Labute approximate surface area is 237 Å². The fourth-order valence-electron chi connectivity index (χ4n) is 6.64. The van der Waals surface area contributed by atoms with Crippen LogP contribution in [0.15, 0.2) is 48.5 Å². The predicted molar refractivity (Wildman–Crippen MR) is 169 cm³/mol. The van der Waals surface area contributed by atoms with Gasteiger partial charge in [0.15, 0.2) is 0 Å². The molecule has 0 aromatic heterocycles. The topological polar surface area (TPSA) is 20.3 Å².